The number of amides is 1. The van der Waals surface area contributed by atoms with Gasteiger partial charge in [-0.2, -0.15) is 5.10 Å². The van der Waals surface area contributed by atoms with E-state index in [1.807, 2.05) is 0 Å². The van der Waals surface area contributed by atoms with Crippen LogP contribution in [-0.4, -0.2) is 20.8 Å². The second-order valence-electron chi connectivity index (χ2n) is 3.98. The van der Waals surface area contributed by atoms with Crippen molar-refractivity contribution >= 4 is 17.4 Å². The van der Waals surface area contributed by atoms with Crippen LogP contribution in [0.4, 0.5) is 11.5 Å². The number of phenols is 1. The summed E-state index contributed by atoms with van der Waals surface area (Å²) in [6.07, 6.45) is 1.46. The van der Waals surface area contributed by atoms with Crippen molar-refractivity contribution in [2.45, 2.75) is 6.92 Å². The molecular formula is C12H14N4O2. The third-order valence-electron chi connectivity index (χ3n) is 2.75. The van der Waals surface area contributed by atoms with Gasteiger partial charge in [0.25, 0.3) is 5.91 Å². The summed E-state index contributed by atoms with van der Waals surface area (Å²) in [4.78, 5) is 12.1. The lowest BCUT2D eigenvalue weighted by molar-refractivity contribution is 0.102. The number of nitrogens with zero attached hydrogens (tertiary/aromatic N) is 2. The molecule has 0 unspecified atom stereocenters. The number of hydrogen-bond donors (Lipinski definition) is 3. The van der Waals surface area contributed by atoms with Gasteiger partial charge in [0, 0.05) is 18.2 Å². The van der Waals surface area contributed by atoms with E-state index in [0.717, 1.165) is 0 Å². The molecule has 1 aromatic heterocycles. The van der Waals surface area contributed by atoms with Gasteiger partial charge in [-0.25, -0.2) is 0 Å². The quantitative estimate of drug-likeness (QED) is 0.743. The van der Waals surface area contributed by atoms with Gasteiger partial charge >= 0.3 is 0 Å². The molecule has 4 N–H and O–H groups in total. The maximum Gasteiger partial charge on any atom is 0.257 e. The van der Waals surface area contributed by atoms with Crippen molar-refractivity contribution in [3.05, 3.63) is 35.5 Å². The van der Waals surface area contributed by atoms with Crippen LogP contribution >= 0.6 is 0 Å². The second kappa shape index (κ2) is 4.40. The zero-order valence-electron chi connectivity index (χ0n) is 10.1. The van der Waals surface area contributed by atoms with Crippen molar-refractivity contribution < 1.29 is 9.90 Å². The molecule has 0 aliphatic rings. The number of aromatic hydroxyl groups is 1. The van der Waals surface area contributed by atoms with Crippen molar-refractivity contribution in [3.63, 3.8) is 0 Å². The van der Waals surface area contributed by atoms with Crippen LogP contribution in [0.2, 0.25) is 0 Å². The van der Waals surface area contributed by atoms with E-state index in [0.29, 0.717) is 22.6 Å². The Balaban J connectivity index is 2.31. The molecule has 0 saturated carbocycles. The summed E-state index contributed by atoms with van der Waals surface area (Å²) in [6, 6.07) is 4.78. The average Bonchev–Trinajstić information content (AvgIpc) is 2.64. The highest BCUT2D eigenvalue weighted by Crippen LogP contribution is 2.22. The molecule has 0 saturated heterocycles. The Morgan fingerprint density at radius 3 is 2.83 bits per heavy atom. The lowest BCUT2D eigenvalue weighted by Gasteiger charge is -2.09. The third-order valence-corrected chi connectivity index (χ3v) is 2.75. The molecule has 0 aliphatic heterocycles. The Labute approximate surface area is 104 Å². The monoisotopic (exact) mass is 246 g/mol. The summed E-state index contributed by atoms with van der Waals surface area (Å²) in [5.74, 6) is 0.182. The molecule has 6 nitrogen and oxygen atoms in total. The summed E-state index contributed by atoms with van der Waals surface area (Å²) < 4.78 is 1.48. The number of nitrogens with one attached hydrogen (secondary N) is 1. The summed E-state index contributed by atoms with van der Waals surface area (Å²) in [5, 5.41) is 16.2. The minimum atomic E-state index is -0.335. The van der Waals surface area contributed by atoms with Crippen LogP contribution in [0.5, 0.6) is 5.75 Å². The van der Waals surface area contributed by atoms with E-state index >= 15 is 0 Å². The number of carbonyl (C=O) groups excluding carboxylic acids is 1. The first-order valence-corrected chi connectivity index (χ1v) is 5.38. The van der Waals surface area contributed by atoms with Gasteiger partial charge in [-0.15, -0.1) is 0 Å². The van der Waals surface area contributed by atoms with E-state index in [-0.39, 0.29) is 11.7 Å². The highest BCUT2D eigenvalue weighted by atomic mass is 16.3. The topological polar surface area (TPSA) is 93.2 Å². The van der Waals surface area contributed by atoms with Gasteiger partial charge in [0.15, 0.2) is 5.82 Å². The fraction of sp³-hybridized carbons (Fsp3) is 0.167. The van der Waals surface area contributed by atoms with Gasteiger partial charge in [-0.1, -0.05) is 6.07 Å². The van der Waals surface area contributed by atoms with Crippen molar-refractivity contribution in [3.8, 4) is 5.75 Å². The first-order chi connectivity index (χ1) is 8.50. The average molecular weight is 246 g/mol. The SMILES string of the molecule is Cc1c(O)cccc1C(=O)Nc1c(N)cnn1C. The summed E-state index contributed by atoms with van der Waals surface area (Å²) in [5.41, 5.74) is 7.00. The second-order valence-corrected chi connectivity index (χ2v) is 3.98. The molecule has 0 bridgehead atoms. The molecule has 0 fully saturated rings. The van der Waals surface area contributed by atoms with Gasteiger partial charge in [0.1, 0.15) is 5.75 Å². The maximum absolute atomic E-state index is 12.1. The highest BCUT2D eigenvalue weighted by molar-refractivity contribution is 6.06. The number of aryl methyl sites for hydroxylation is 1. The number of aromatic nitrogens is 2. The molecule has 6 heteroatoms. The molecule has 0 spiro atoms. The Hall–Kier alpha value is -2.50. The van der Waals surface area contributed by atoms with Crippen molar-refractivity contribution in [1.82, 2.24) is 9.78 Å². The largest absolute Gasteiger partial charge is 0.508 e. The molecule has 0 radical (unpaired) electrons. The predicted molar refractivity (Wildman–Crippen MR) is 68.4 cm³/mol. The number of anilines is 2. The third kappa shape index (κ3) is 2.00. The molecule has 94 valence electrons. The van der Waals surface area contributed by atoms with Crippen LogP contribution in [0.3, 0.4) is 0 Å². The molecule has 18 heavy (non-hydrogen) atoms. The molecular weight excluding hydrogens is 232 g/mol. The standard InChI is InChI=1S/C12H14N4O2/c1-7-8(4-3-5-10(7)17)12(18)15-11-9(13)6-14-16(11)2/h3-6,17H,13H2,1-2H3,(H,15,18). The van der Waals surface area contributed by atoms with Gasteiger partial charge in [0.2, 0.25) is 0 Å². The molecule has 1 amide bonds. The number of nitrogen functional groups attached to an aromatic ring is 1. The first kappa shape index (κ1) is 12.0. The lowest BCUT2D eigenvalue weighted by Crippen LogP contribution is -2.16. The number of phenolic OH excluding ortho intramolecular Hbond substituents is 1. The Bertz CT molecular complexity index is 585. The summed E-state index contributed by atoms with van der Waals surface area (Å²) in [6.45, 7) is 1.68. The van der Waals surface area contributed by atoms with E-state index in [1.165, 1.54) is 16.9 Å². The minimum absolute atomic E-state index is 0.0839. The van der Waals surface area contributed by atoms with Crippen molar-refractivity contribution in [1.29, 1.82) is 0 Å². The van der Waals surface area contributed by atoms with Crippen molar-refractivity contribution in [2.75, 3.05) is 11.1 Å². The molecule has 0 aliphatic carbocycles. The molecule has 2 rings (SSSR count). The van der Waals surface area contributed by atoms with Gasteiger partial charge in [-0.05, 0) is 19.1 Å². The normalized spacial score (nSPS) is 10.3. The summed E-state index contributed by atoms with van der Waals surface area (Å²) >= 11 is 0. The van der Waals surface area contributed by atoms with E-state index in [9.17, 15) is 9.90 Å². The number of carbonyl (C=O) groups is 1. The van der Waals surface area contributed by atoms with Crippen LogP contribution in [0.25, 0.3) is 0 Å². The molecule has 0 atom stereocenters. The highest BCUT2D eigenvalue weighted by Gasteiger charge is 2.14. The summed E-state index contributed by atoms with van der Waals surface area (Å²) in [7, 11) is 1.68. The van der Waals surface area contributed by atoms with E-state index in [4.69, 9.17) is 5.73 Å². The van der Waals surface area contributed by atoms with E-state index in [1.54, 1.807) is 26.1 Å². The predicted octanol–water partition coefficient (Wildman–Crippen LogP) is 1.27. The number of nitrogens with two attached hydrogens (primary N) is 1. The Kier molecular flexibility index (Phi) is 2.93. The number of benzene rings is 1. The smallest absolute Gasteiger partial charge is 0.257 e. The van der Waals surface area contributed by atoms with Crippen LogP contribution < -0.4 is 11.1 Å². The molecule has 1 aromatic carbocycles. The fourth-order valence-electron chi connectivity index (χ4n) is 1.65. The zero-order valence-corrected chi connectivity index (χ0v) is 10.1. The van der Waals surface area contributed by atoms with Gasteiger partial charge in [-0.3, -0.25) is 9.48 Å². The van der Waals surface area contributed by atoms with Gasteiger partial charge in [0.05, 0.1) is 11.9 Å². The van der Waals surface area contributed by atoms with Crippen LogP contribution in [-0.2, 0) is 7.05 Å². The Morgan fingerprint density at radius 2 is 2.22 bits per heavy atom. The first-order valence-electron chi connectivity index (χ1n) is 5.38. The minimum Gasteiger partial charge on any atom is -0.508 e. The van der Waals surface area contributed by atoms with Crippen LogP contribution in [0, 0.1) is 6.92 Å². The molecule has 2 aromatic rings. The lowest BCUT2D eigenvalue weighted by atomic mass is 10.1. The fourth-order valence-corrected chi connectivity index (χ4v) is 1.65. The van der Waals surface area contributed by atoms with Crippen LogP contribution in [0.1, 0.15) is 15.9 Å². The van der Waals surface area contributed by atoms with Crippen LogP contribution in [0.15, 0.2) is 24.4 Å². The van der Waals surface area contributed by atoms with E-state index < -0.39 is 0 Å². The maximum atomic E-state index is 12.1. The number of hydrogen-bond acceptors (Lipinski definition) is 4. The van der Waals surface area contributed by atoms with Gasteiger partial charge < -0.3 is 16.2 Å². The molecule has 1 heterocycles. The number of rotatable bonds is 2. The van der Waals surface area contributed by atoms with E-state index in [2.05, 4.69) is 10.4 Å². The Morgan fingerprint density at radius 1 is 1.50 bits per heavy atom. The van der Waals surface area contributed by atoms with Crippen molar-refractivity contribution in [2.24, 2.45) is 7.05 Å². The zero-order chi connectivity index (χ0) is 13.3.